The van der Waals surface area contributed by atoms with Gasteiger partial charge in [-0.05, 0) is 51.5 Å². The van der Waals surface area contributed by atoms with E-state index >= 15 is 0 Å². The quantitative estimate of drug-likeness (QED) is 0.660. The Morgan fingerprint density at radius 2 is 1.94 bits per heavy atom. The monoisotopic (exact) mass is 435 g/mol. The predicted molar refractivity (Wildman–Crippen MR) is 123 cm³/mol. The second kappa shape index (κ2) is 8.09. The number of aromatic nitrogens is 3. The summed E-state index contributed by atoms with van der Waals surface area (Å²) >= 11 is 0. The zero-order valence-electron chi connectivity index (χ0n) is 18.9. The van der Waals surface area contributed by atoms with Gasteiger partial charge >= 0.3 is 6.09 Å². The van der Waals surface area contributed by atoms with Crippen molar-refractivity contribution in [1.29, 1.82) is 0 Å². The molecule has 4 heterocycles. The summed E-state index contributed by atoms with van der Waals surface area (Å²) in [6.45, 7) is 9.65. The van der Waals surface area contributed by atoms with Gasteiger partial charge in [-0.15, -0.1) is 0 Å². The summed E-state index contributed by atoms with van der Waals surface area (Å²) in [6.07, 6.45) is 2.34. The van der Waals surface area contributed by atoms with Crippen LogP contribution in [-0.2, 0) is 22.4 Å². The van der Waals surface area contributed by atoms with E-state index in [1.807, 2.05) is 39.1 Å². The Kier molecular flexibility index (Phi) is 5.25. The van der Waals surface area contributed by atoms with E-state index in [0.717, 1.165) is 46.6 Å². The largest absolute Gasteiger partial charge is 0.444 e. The van der Waals surface area contributed by atoms with E-state index in [-0.39, 0.29) is 6.09 Å². The smallest absolute Gasteiger partial charge is 0.410 e. The number of aromatic amines is 1. The zero-order valence-corrected chi connectivity index (χ0v) is 18.9. The molecule has 3 aromatic rings. The lowest BCUT2D eigenvalue weighted by Crippen LogP contribution is -2.42. The number of anilines is 1. The van der Waals surface area contributed by atoms with Crippen LogP contribution in [0.2, 0.25) is 0 Å². The Morgan fingerprint density at radius 1 is 1.12 bits per heavy atom. The van der Waals surface area contributed by atoms with Gasteiger partial charge in [0.25, 0.3) is 0 Å². The van der Waals surface area contributed by atoms with Crippen molar-refractivity contribution in [3.63, 3.8) is 0 Å². The van der Waals surface area contributed by atoms with Crippen molar-refractivity contribution >= 4 is 22.8 Å². The third-order valence-corrected chi connectivity index (χ3v) is 5.82. The van der Waals surface area contributed by atoms with Crippen LogP contribution in [0.5, 0.6) is 0 Å². The first-order valence-corrected chi connectivity index (χ1v) is 11.2. The van der Waals surface area contributed by atoms with E-state index in [4.69, 9.17) is 19.4 Å². The molecule has 0 radical (unpaired) electrons. The standard InChI is InChI=1S/C24H29N5O3/c1-24(2,3)32-23(30)29-9-7-18-20(15-29)26-21(27-22(18)28-10-12-31-13-11-28)17-4-5-19-16(14-17)6-8-25-19/h4-6,8,14,25H,7,9-13,15H2,1-3H3. The van der Waals surface area contributed by atoms with Gasteiger partial charge in [0.15, 0.2) is 5.82 Å². The lowest BCUT2D eigenvalue weighted by atomic mass is 10.0. The third-order valence-electron chi connectivity index (χ3n) is 5.82. The van der Waals surface area contributed by atoms with E-state index in [1.165, 1.54) is 0 Å². The Balaban J connectivity index is 1.54. The van der Waals surface area contributed by atoms with E-state index in [9.17, 15) is 4.79 Å². The second-order valence-corrected chi connectivity index (χ2v) is 9.33. The van der Waals surface area contributed by atoms with E-state index in [2.05, 4.69) is 22.0 Å². The SMILES string of the molecule is CC(C)(C)OC(=O)N1CCc2c(nc(-c3ccc4[nH]ccc4c3)nc2N2CCOCC2)C1. The number of rotatable bonds is 2. The average Bonchev–Trinajstić information content (AvgIpc) is 3.25. The topological polar surface area (TPSA) is 83.6 Å². The van der Waals surface area contributed by atoms with Crippen molar-refractivity contribution in [2.75, 3.05) is 37.7 Å². The summed E-state index contributed by atoms with van der Waals surface area (Å²) in [7, 11) is 0. The molecular formula is C24H29N5O3. The van der Waals surface area contributed by atoms with Gasteiger partial charge in [0, 0.05) is 47.9 Å². The molecule has 0 spiro atoms. The molecule has 1 amide bonds. The molecule has 168 valence electrons. The maximum Gasteiger partial charge on any atom is 0.410 e. The number of carbonyl (C=O) groups excluding carboxylic acids is 1. The summed E-state index contributed by atoms with van der Waals surface area (Å²) in [5.74, 6) is 1.64. The number of nitrogens with one attached hydrogen (secondary N) is 1. The van der Waals surface area contributed by atoms with Crippen LogP contribution < -0.4 is 4.90 Å². The van der Waals surface area contributed by atoms with Gasteiger partial charge in [0.05, 0.1) is 25.5 Å². The minimum Gasteiger partial charge on any atom is -0.444 e. The van der Waals surface area contributed by atoms with Crippen LogP contribution in [0.3, 0.4) is 0 Å². The minimum absolute atomic E-state index is 0.301. The minimum atomic E-state index is -0.529. The van der Waals surface area contributed by atoms with Crippen molar-refractivity contribution < 1.29 is 14.3 Å². The summed E-state index contributed by atoms with van der Waals surface area (Å²) in [6, 6.07) is 8.24. The van der Waals surface area contributed by atoms with Crippen molar-refractivity contribution in [3.8, 4) is 11.4 Å². The first-order chi connectivity index (χ1) is 15.4. The van der Waals surface area contributed by atoms with Crippen LogP contribution in [0.1, 0.15) is 32.0 Å². The number of hydrogen-bond acceptors (Lipinski definition) is 6. The van der Waals surface area contributed by atoms with Crippen LogP contribution in [0.4, 0.5) is 10.6 Å². The van der Waals surface area contributed by atoms with E-state index in [0.29, 0.717) is 38.5 Å². The number of hydrogen-bond donors (Lipinski definition) is 1. The highest BCUT2D eigenvalue weighted by molar-refractivity contribution is 5.84. The molecule has 2 aromatic heterocycles. The number of amides is 1. The molecule has 8 heteroatoms. The van der Waals surface area contributed by atoms with Crippen LogP contribution in [-0.4, -0.2) is 64.4 Å². The first-order valence-electron chi connectivity index (χ1n) is 11.2. The second-order valence-electron chi connectivity index (χ2n) is 9.33. The normalized spacial score (nSPS) is 16.8. The molecule has 2 aliphatic rings. The van der Waals surface area contributed by atoms with E-state index in [1.54, 1.807) is 4.90 Å². The number of ether oxygens (including phenoxy) is 2. The fourth-order valence-corrected chi connectivity index (χ4v) is 4.25. The summed E-state index contributed by atoms with van der Waals surface area (Å²) < 4.78 is 11.2. The van der Waals surface area contributed by atoms with Crippen molar-refractivity contribution in [3.05, 3.63) is 41.7 Å². The highest BCUT2D eigenvalue weighted by Crippen LogP contribution is 2.31. The average molecular weight is 436 g/mol. The van der Waals surface area contributed by atoms with E-state index < -0.39 is 5.60 Å². The molecule has 8 nitrogen and oxygen atoms in total. The Bertz CT molecular complexity index is 1140. The molecule has 1 N–H and O–H groups in total. The molecule has 0 bridgehead atoms. The molecular weight excluding hydrogens is 406 g/mol. The fourth-order valence-electron chi connectivity index (χ4n) is 4.25. The van der Waals surface area contributed by atoms with Crippen LogP contribution in [0.25, 0.3) is 22.3 Å². The first kappa shape index (κ1) is 20.8. The molecule has 2 aliphatic heterocycles. The van der Waals surface area contributed by atoms with Crippen LogP contribution in [0.15, 0.2) is 30.5 Å². The van der Waals surface area contributed by atoms with Gasteiger partial charge < -0.3 is 24.3 Å². The summed E-state index contributed by atoms with van der Waals surface area (Å²) in [4.78, 5) is 29.9. The maximum absolute atomic E-state index is 12.7. The van der Waals surface area contributed by atoms with Crippen molar-refractivity contribution in [2.24, 2.45) is 0 Å². The lowest BCUT2D eigenvalue weighted by molar-refractivity contribution is 0.0221. The summed E-state index contributed by atoms with van der Waals surface area (Å²) in [5.41, 5.74) is 3.53. The van der Waals surface area contributed by atoms with Gasteiger partial charge in [-0.1, -0.05) is 0 Å². The van der Waals surface area contributed by atoms with Gasteiger partial charge in [-0.3, -0.25) is 0 Å². The maximum atomic E-state index is 12.7. The third kappa shape index (κ3) is 4.14. The fraction of sp³-hybridized carbons (Fsp3) is 0.458. The number of H-pyrrole nitrogens is 1. The Hall–Kier alpha value is -3.13. The Labute approximate surface area is 187 Å². The lowest BCUT2D eigenvalue weighted by Gasteiger charge is -2.34. The summed E-state index contributed by atoms with van der Waals surface area (Å²) in [5, 5.41) is 1.12. The molecule has 1 saturated heterocycles. The predicted octanol–water partition coefficient (Wildman–Crippen LogP) is 3.75. The molecule has 1 fully saturated rings. The van der Waals surface area contributed by atoms with Gasteiger partial charge in [-0.25, -0.2) is 14.8 Å². The Morgan fingerprint density at radius 3 is 2.72 bits per heavy atom. The molecule has 5 rings (SSSR count). The highest BCUT2D eigenvalue weighted by Gasteiger charge is 2.30. The zero-order chi connectivity index (χ0) is 22.3. The molecule has 0 saturated carbocycles. The number of nitrogens with zero attached hydrogens (tertiary/aromatic N) is 4. The molecule has 1 aromatic carbocycles. The molecule has 0 aliphatic carbocycles. The van der Waals surface area contributed by atoms with Gasteiger partial charge in [0.1, 0.15) is 11.4 Å². The molecule has 32 heavy (non-hydrogen) atoms. The number of carbonyl (C=O) groups is 1. The number of benzene rings is 1. The molecule has 0 atom stereocenters. The number of morpholine rings is 1. The van der Waals surface area contributed by atoms with Crippen molar-refractivity contribution in [1.82, 2.24) is 19.9 Å². The van der Waals surface area contributed by atoms with Crippen LogP contribution >= 0.6 is 0 Å². The van der Waals surface area contributed by atoms with Crippen LogP contribution in [0, 0.1) is 0 Å². The molecule has 0 unspecified atom stereocenters. The number of fused-ring (bicyclic) bond motifs is 2. The van der Waals surface area contributed by atoms with Crippen molar-refractivity contribution in [2.45, 2.75) is 39.3 Å². The highest BCUT2D eigenvalue weighted by atomic mass is 16.6. The van der Waals surface area contributed by atoms with Gasteiger partial charge in [-0.2, -0.15) is 0 Å². The van der Waals surface area contributed by atoms with Gasteiger partial charge in [0.2, 0.25) is 0 Å².